The summed E-state index contributed by atoms with van der Waals surface area (Å²) >= 11 is 0. The summed E-state index contributed by atoms with van der Waals surface area (Å²) < 4.78 is 31.6. The summed E-state index contributed by atoms with van der Waals surface area (Å²) in [4.78, 5) is 3.92. The average molecular weight is 503 g/mol. The Morgan fingerprint density at radius 3 is 2.59 bits per heavy atom. The van der Waals surface area contributed by atoms with Crippen LogP contribution in [0.2, 0.25) is 0 Å². The first-order valence-electron chi connectivity index (χ1n) is 12.0. The molecule has 2 aromatic heterocycles. The third-order valence-corrected chi connectivity index (χ3v) is 6.95. The standard InChI is InChI=1S/C28H28F2N6O/c1-18-4-5-21(10-19(18)2)13-32-24-7-9-27-22(11-24)14-36(34-27)20(3)28(37,15-35-17-31-16-33-35)25-8-6-23(29)12-26(25)30/h4-12,14,16-17,20,32,37H,13,15H2,1-3H3/t20-,28-/m1/s1. The van der Waals surface area contributed by atoms with Gasteiger partial charge in [-0.2, -0.15) is 10.2 Å². The zero-order valence-electron chi connectivity index (χ0n) is 20.9. The van der Waals surface area contributed by atoms with Gasteiger partial charge in [0.15, 0.2) is 0 Å². The highest BCUT2D eigenvalue weighted by Crippen LogP contribution is 2.37. The summed E-state index contributed by atoms with van der Waals surface area (Å²) in [5, 5.41) is 24.9. The van der Waals surface area contributed by atoms with Crippen LogP contribution in [-0.2, 0) is 18.7 Å². The minimum atomic E-state index is -1.79. The van der Waals surface area contributed by atoms with Crippen LogP contribution < -0.4 is 5.32 Å². The predicted molar refractivity (Wildman–Crippen MR) is 138 cm³/mol. The van der Waals surface area contributed by atoms with Crippen LogP contribution >= 0.6 is 0 Å². The van der Waals surface area contributed by atoms with E-state index >= 15 is 0 Å². The van der Waals surface area contributed by atoms with Gasteiger partial charge in [0.05, 0.1) is 18.1 Å². The molecule has 0 fully saturated rings. The second-order valence-corrected chi connectivity index (χ2v) is 9.47. The number of aryl methyl sites for hydroxylation is 2. The lowest BCUT2D eigenvalue weighted by molar-refractivity contribution is -0.0366. The smallest absolute Gasteiger partial charge is 0.137 e. The molecule has 0 aliphatic heterocycles. The molecule has 0 bridgehead atoms. The lowest BCUT2D eigenvalue weighted by Gasteiger charge is -2.34. The van der Waals surface area contributed by atoms with Crippen LogP contribution in [0, 0.1) is 25.5 Å². The number of hydrogen-bond acceptors (Lipinski definition) is 5. The van der Waals surface area contributed by atoms with Crippen molar-refractivity contribution in [1.29, 1.82) is 0 Å². The van der Waals surface area contributed by atoms with Crippen LogP contribution in [0.1, 0.15) is 35.2 Å². The molecule has 2 N–H and O–H groups in total. The Morgan fingerprint density at radius 2 is 1.86 bits per heavy atom. The van der Waals surface area contributed by atoms with Crippen molar-refractivity contribution in [2.75, 3.05) is 5.32 Å². The molecule has 7 nitrogen and oxygen atoms in total. The van der Waals surface area contributed by atoms with Gasteiger partial charge in [-0.25, -0.2) is 18.4 Å². The first-order chi connectivity index (χ1) is 17.7. The van der Waals surface area contributed by atoms with Crippen LogP contribution in [0.4, 0.5) is 14.5 Å². The molecule has 0 aliphatic carbocycles. The fourth-order valence-corrected chi connectivity index (χ4v) is 4.53. The Hall–Kier alpha value is -4.11. The van der Waals surface area contributed by atoms with Crippen molar-refractivity contribution in [1.82, 2.24) is 24.5 Å². The maximum atomic E-state index is 14.9. The SMILES string of the molecule is Cc1ccc(CNc2ccc3nn([C@H](C)[C@](O)(Cn4cncn4)c4ccc(F)cc4F)cc3c2)cc1C. The molecule has 5 rings (SSSR count). The van der Waals surface area contributed by atoms with Gasteiger partial charge in [0.25, 0.3) is 0 Å². The molecule has 0 aliphatic rings. The summed E-state index contributed by atoms with van der Waals surface area (Å²) in [5.74, 6) is -1.56. The molecule has 37 heavy (non-hydrogen) atoms. The molecule has 2 atom stereocenters. The number of fused-ring (bicyclic) bond motifs is 1. The largest absolute Gasteiger partial charge is 0.381 e. The molecule has 190 valence electrons. The summed E-state index contributed by atoms with van der Waals surface area (Å²) in [6.07, 6.45) is 4.59. The van der Waals surface area contributed by atoms with E-state index in [0.717, 1.165) is 28.7 Å². The van der Waals surface area contributed by atoms with Gasteiger partial charge in [0.1, 0.15) is 29.9 Å². The summed E-state index contributed by atoms with van der Waals surface area (Å²) in [7, 11) is 0. The quantitative estimate of drug-likeness (QED) is 0.302. The monoisotopic (exact) mass is 502 g/mol. The second kappa shape index (κ2) is 9.74. The number of hydrogen-bond donors (Lipinski definition) is 2. The second-order valence-electron chi connectivity index (χ2n) is 9.47. The number of aliphatic hydroxyl groups is 1. The van der Waals surface area contributed by atoms with Crippen molar-refractivity contribution in [2.24, 2.45) is 0 Å². The summed E-state index contributed by atoms with van der Waals surface area (Å²) in [5.41, 5.74) is 3.51. The van der Waals surface area contributed by atoms with E-state index in [1.165, 1.54) is 40.1 Å². The molecule has 0 radical (unpaired) electrons. The molecule has 0 unspecified atom stereocenters. The first-order valence-corrected chi connectivity index (χ1v) is 12.0. The molecular weight excluding hydrogens is 474 g/mol. The number of anilines is 1. The Bertz CT molecular complexity index is 1550. The Kier molecular flexibility index (Phi) is 6.47. The van der Waals surface area contributed by atoms with E-state index in [-0.39, 0.29) is 12.1 Å². The van der Waals surface area contributed by atoms with Crippen LogP contribution in [0.3, 0.4) is 0 Å². The minimum Gasteiger partial charge on any atom is -0.381 e. The number of nitrogens with one attached hydrogen (secondary N) is 1. The zero-order valence-corrected chi connectivity index (χ0v) is 20.9. The van der Waals surface area contributed by atoms with Crippen molar-refractivity contribution >= 4 is 16.6 Å². The van der Waals surface area contributed by atoms with E-state index in [1.54, 1.807) is 11.6 Å². The van der Waals surface area contributed by atoms with Crippen molar-refractivity contribution in [3.8, 4) is 0 Å². The zero-order chi connectivity index (χ0) is 26.2. The molecular formula is C28H28F2N6O. The predicted octanol–water partition coefficient (Wildman–Crippen LogP) is 5.28. The molecule has 5 aromatic rings. The minimum absolute atomic E-state index is 0.0489. The summed E-state index contributed by atoms with van der Waals surface area (Å²) in [6.45, 7) is 6.51. The van der Waals surface area contributed by atoms with E-state index in [2.05, 4.69) is 52.5 Å². The molecule has 0 saturated carbocycles. The topological polar surface area (TPSA) is 80.8 Å². The molecule has 0 saturated heterocycles. The average Bonchev–Trinajstić information content (AvgIpc) is 3.53. The normalized spacial score (nSPS) is 14.0. The Morgan fingerprint density at radius 1 is 1.03 bits per heavy atom. The van der Waals surface area contributed by atoms with Crippen LogP contribution in [0.5, 0.6) is 0 Å². The van der Waals surface area contributed by atoms with Gasteiger partial charge >= 0.3 is 0 Å². The first kappa shape index (κ1) is 24.6. The number of nitrogens with zero attached hydrogens (tertiary/aromatic N) is 5. The highest BCUT2D eigenvalue weighted by atomic mass is 19.1. The third kappa shape index (κ3) is 4.95. The molecule has 3 aromatic carbocycles. The number of aromatic nitrogens is 5. The fourth-order valence-electron chi connectivity index (χ4n) is 4.53. The lowest BCUT2D eigenvalue weighted by Crippen LogP contribution is -2.40. The van der Waals surface area contributed by atoms with Gasteiger partial charge in [0, 0.05) is 35.4 Å². The van der Waals surface area contributed by atoms with Gasteiger partial charge in [0.2, 0.25) is 0 Å². The fraction of sp³-hybridized carbons (Fsp3) is 0.250. The highest BCUT2D eigenvalue weighted by Gasteiger charge is 2.40. The Balaban J connectivity index is 1.44. The number of benzene rings is 3. The summed E-state index contributed by atoms with van der Waals surface area (Å²) in [6, 6.07) is 14.7. The van der Waals surface area contributed by atoms with Crippen molar-refractivity contribution in [3.63, 3.8) is 0 Å². The van der Waals surface area contributed by atoms with E-state index in [1.807, 2.05) is 24.4 Å². The van der Waals surface area contributed by atoms with Crippen molar-refractivity contribution in [2.45, 2.75) is 45.5 Å². The van der Waals surface area contributed by atoms with E-state index in [9.17, 15) is 13.9 Å². The van der Waals surface area contributed by atoms with Gasteiger partial charge < -0.3 is 10.4 Å². The molecule has 0 amide bonds. The van der Waals surface area contributed by atoms with E-state index in [4.69, 9.17) is 0 Å². The van der Waals surface area contributed by atoms with E-state index in [0.29, 0.717) is 6.54 Å². The Labute approximate surface area is 213 Å². The van der Waals surface area contributed by atoms with Crippen LogP contribution in [0.15, 0.2) is 73.4 Å². The van der Waals surface area contributed by atoms with Gasteiger partial charge in [-0.05, 0) is 61.7 Å². The van der Waals surface area contributed by atoms with Crippen molar-refractivity contribution in [3.05, 3.63) is 107 Å². The van der Waals surface area contributed by atoms with Crippen LogP contribution in [0.25, 0.3) is 10.9 Å². The molecule has 9 heteroatoms. The maximum Gasteiger partial charge on any atom is 0.137 e. The number of halogens is 2. The number of rotatable bonds is 8. The van der Waals surface area contributed by atoms with Gasteiger partial charge in [-0.3, -0.25) is 4.68 Å². The highest BCUT2D eigenvalue weighted by molar-refractivity contribution is 5.82. The van der Waals surface area contributed by atoms with Crippen molar-refractivity contribution < 1.29 is 13.9 Å². The molecule has 0 spiro atoms. The van der Waals surface area contributed by atoms with Gasteiger partial charge in [-0.15, -0.1) is 0 Å². The maximum absolute atomic E-state index is 14.9. The third-order valence-electron chi connectivity index (χ3n) is 6.95. The van der Waals surface area contributed by atoms with Crippen LogP contribution in [-0.4, -0.2) is 29.7 Å². The molecule has 2 heterocycles. The van der Waals surface area contributed by atoms with E-state index < -0.39 is 23.3 Å². The lowest BCUT2D eigenvalue weighted by atomic mass is 9.86. The van der Waals surface area contributed by atoms with Gasteiger partial charge in [-0.1, -0.05) is 24.3 Å².